The molecular formula is C20H21ClN4OS2. The van der Waals surface area contributed by atoms with Crippen molar-refractivity contribution in [2.24, 2.45) is 0 Å². The molecule has 0 aliphatic rings. The first kappa shape index (κ1) is 20.6. The summed E-state index contributed by atoms with van der Waals surface area (Å²) in [5, 5.41) is 14.9. The molecule has 0 unspecified atom stereocenters. The third-order valence-corrected chi connectivity index (χ3v) is 6.39. The Labute approximate surface area is 177 Å². The summed E-state index contributed by atoms with van der Waals surface area (Å²) in [6.45, 7) is 8.75. The van der Waals surface area contributed by atoms with Gasteiger partial charge in [0.1, 0.15) is 0 Å². The zero-order chi connectivity index (χ0) is 20.1. The first-order valence-corrected chi connectivity index (χ1v) is 11.0. The van der Waals surface area contributed by atoms with Gasteiger partial charge in [0.25, 0.3) is 0 Å². The van der Waals surface area contributed by atoms with Gasteiger partial charge < -0.3 is 5.32 Å². The van der Waals surface area contributed by atoms with Gasteiger partial charge in [-0.25, -0.2) is 0 Å². The monoisotopic (exact) mass is 432 g/mol. The van der Waals surface area contributed by atoms with E-state index in [9.17, 15) is 4.79 Å². The summed E-state index contributed by atoms with van der Waals surface area (Å²) in [6, 6.07) is 9.17. The lowest BCUT2D eigenvalue weighted by molar-refractivity contribution is -0.113. The third kappa shape index (κ3) is 5.04. The van der Waals surface area contributed by atoms with Crippen molar-refractivity contribution < 1.29 is 4.79 Å². The van der Waals surface area contributed by atoms with Crippen molar-refractivity contribution in [1.29, 1.82) is 0 Å². The second-order valence-electron chi connectivity index (χ2n) is 6.44. The van der Waals surface area contributed by atoms with Gasteiger partial charge in [-0.3, -0.25) is 9.36 Å². The standard InChI is InChI=1S/C20H21ClN4OS2/c1-4-9-25-19(14-10-17(13(2)3)27-11-14)23-24-20(25)28-12-18(26)22-16-7-5-15(21)6-8-16/h4-8,10-11,13H,1,9,12H2,2-3H3,(H,22,26). The number of carbonyl (C=O) groups is 1. The fraction of sp³-hybridized carbons (Fsp3) is 0.250. The molecule has 0 saturated heterocycles. The first-order valence-electron chi connectivity index (χ1n) is 8.79. The number of nitrogens with zero attached hydrogens (tertiary/aromatic N) is 3. The highest BCUT2D eigenvalue weighted by molar-refractivity contribution is 7.99. The first-order chi connectivity index (χ1) is 13.5. The van der Waals surface area contributed by atoms with E-state index in [0.29, 0.717) is 28.3 Å². The largest absolute Gasteiger partial charge is 0.325 e. The Hall–Kier alpha value is -2.09. The molecule has 0 fully saturated rings. The van der Waals surface area contributed by atoms with E-state index in [0.717, 1.165) is 11.4 Å². The van der Waals surface area contributed by atoms with Crippen LogP contribution in [0.5, 0.6) is 0 Å². The fourth-order valence-corrected chi connectivity index (χ4v) is 4.31. The molecule has 0 aliphatic heterocycles. The van der Waals surface area contributed by atoms with Crippen molar-refractivity contribution in [3.63, 3.8) is 0 Å². The van der Waals surface area contributed by atoms with Crippen molar-refractivity contribution in [3.8, 4) is 11.4 Å². The second kappa shape index (κ2) is 9.41. The molecule has 146 valence electrons. The van der Waals surface area contributed by atoms with Crippen LogP contribution < -0.4 is 5.32 Å². The number of anilines is 1. The maximum atomic E-state index is 12.3. The Morgan fingerprint density at radius 3 is 2.75 bits per heavy atom. The number of hydrogen-bond donors (Lipinski definition) is 1. The fourth-order valence-electron chi connectivity index (χ4n) is 2.54. The maximum Gasteiger partial charge on any atom is 0.234 e. The molecule has 3 rings (SSSR count). The summed E-state index contributed by atoms with van der Waals surface area (Å²) >= 11 is 8.94. The van der Waals surface area contributed by atoms with E-state index in [2.05, 4.69) is 47.4 Å². The van der Waals surface area contributed by atoms with Crippen LogP contribution in [-0.4, -0.2) is 26.4 Å². The number of thioether (sulfide) groups is 1. The highest BCUT2D eigenvalue weighted by atomic mass is 35.5. The molecule has 0 saturated carbocycles. The van der Waals surface area contributed by atoms with Crippen molar-refractivity contribution in [2.75, 3.05) is 11.1 Å². The molecule has 8 heteroatoms. The minimum Gasteiger partial charge on any atom is -0.325 e. The lowest BCUT2D eigenvalue weighted by Crippen LogP contribution is -2.14. The second-order valence-corrected chi connectivity index (χ2v) is 8.76. The smallest absolute Gasteiger partial charge is 0.234 e. The van der Waals surface area contributed by atoms with Crippen LogP contribution in [0.4, 0.5) is 5.69 Å². The van der Waals surface area contributed by atoms with Gasteiger partial charge in [-0.1, -0.05) is 43.3 Å². The number of rotatable bonds is 8. The number of hydrogen-bond acceptors (Lipinski definition) is 5. The molecular weight excluding hydrogens is 412 g/mol. The number of halogens is 1. The zero-order valence-corrected chi connectivity index (χ0v) is 18.1. The normalized spacial score (nSPS) is 11.0. The van der Waals surface area contributed by atoms with E-state index in [1.807, 2.05) is 4.57 Å². The van der Waals surface area contributed by atoms with Gasteiger partial charge in [0.2, 0.25) is 5.91 Å². The van der Waals surface area contributed by atoms with Crippen LogP contribution in [-0.2, 0) is 11.3 Å². The molecule has 5 nitrogen and oxygen atoms in total. The summed E-state index contributed by atoms with van der Waals surface area (Å²) in [5.74, 6) is 1.39. The van der Waals surface area contributed by atoms with Gasteiger partial charge in [-0.05, 0) is 36.2 Å². The molecule has 0 aliphatic carbocycles. The Morgan fingerprint density at radius 1 is 1.36 bits per heavy atom. The van der Waals surface area contributed by atoms with Crippen molar-refractivity contribution in [2.45, 2.75) is 31.5 Å². The van der Waals surface area contributed by atoms with Crippen molar-refractivity contribution >= 4 is 46.3 Å². The number of benzene rings is 1. The summed E-state index contributed by atoms with van der Waals surface area (Å²) < 4.78 is 1.99. The van der Waals surface area contributed by atoms with Crippen LogP contribution >= 0.6 is 34.7 Å². The van der Waals surface area contributed by atoms with Crippen LogP contribution in [0.3, 0.4) is 0 Å². The number of thiophene rings is 1. The van der Waals surface area contributed by atoms with E-state index in [1.54, 1.807) is 41.7 Å². The molecule has 1 amide bonds. The van der Waals surface area contributed by atoms with Gasteiger partial charge in [0, 0.05) is 33.1 Å². The SMILES string of the molecule is C=CCn1c(SCC(=O)Nc2ccc(Cl)cc2)nnc1-c1csc(C(C)C)c1. The summed E-state index contributed by atoms with van der Waals surface area (Å²) in [6.07, 6.45) is 1.81. The Bertz CT molecular complexity index is 963. The van der Waals surface area contributed by atoms with E-state index < -0.39 is 0 Å². The number of allylic oxidation sites excluding steroid dienone is 1. The van der Waals surface area contributed by atoms with Crippen LogP contribution in [0, 0.1) is 0 Å². The van der Waals surface area contributed by atoms with Crippen LogP contribution in [0.2, 0.25) is 5.02 Å². The lowest BCUT2D eigenvalue weighted by atomic mass is 10.1. The Balaban J connectivity index is 1.71. The van der Waals surface area contributed by atoms with E-state index in [4.69, 9.17) is 11.6 Å². The lowest BCUT2D eigenvalue weighted by Gasteiger charge is -2.07. The molecule has 3 aromatic rings. The van der Waals surface area contributed by atoms with Crippen LogP contribution in [0.1, 0.15) is 24.6 Å². The maximum absolute atomic E-state index is 12.3. The van der Waals surface area contributed by atoms with Gasteiger partial charge in [-0.2, -0.15) is 0 Å². The van der Waals surface area contributed by atoms with Gasteiger partial charge in [-0.15, -0.1) is 28.1 Å². The van der Waals surface area contributed by atoms with Crippen LogP contribution in [0.15, 0.2) is 53.5 Å². The minimum absolute atomic E-state index is 0.111. The summed E-state index contributed by atoms with van der Waals surface area (Å²) in [5.41, 5.74) is 1.75. The number of aromatic nitrogens is 3. The van der Waals surface area contributed by atoms with E-state index in [-0.39, 0.29) is 11.7 Å². The Morgan fingerprint density at radius 2 is 2.11 bits per heavy atom. The Kier molecular flexibility index (Phi) is 6.93. The summed E-state index contributed by atoms with van der Waals surface area (Å²) in [7, 11) is 0. The zero-order valence-electron chi connectivity index (χ0n) is 15.7. The topological polar surface area (TPSA) is 59.8 Å². The highest BCUT2D eigenvalue weighted by Gasteiger charge is 2.17. The minimum atomic E-state index is -0.111. The molecule has 1 aromatic carbocycles. The van der Waals surface area contributed by atoms with Gasteiger partial charge in [0.15, 0.2) is 11.0 Å². The number of amides is 1. The van der Waals surface area contributed by atoms with Crippen molar-refractivity contribution in [1.82, 2.24) is 14.8 Å². The number of carbonyl (C=O) groups excluding carboxylic acids is 1. The molecule has 2 aromatic heterocycles. The predicted octanol–water partition coefficient (Wildman–Crippen LogP) is 5.70. The van der Waals surface area contributed by atoms with Gasteiger partial charge in [0.05, 0.1) is 5.75 Å². The third-order valence-electron chi connectivity index (χ3n) is 3.94. The molecule has 0 atom stereocenters. The predicted molar refractivity (Wildman–Crippen MR) is 118 cm³/mol. The molecule has 0 spiro atoms. The molecule has 0 bridgehead atoms. The molecule has 1 N–H and O–H groups in total. The summed E-state index contributed by atoms with van der Waals surface area (Å²) in [4.78, 5) is 13.6. The van der Waals surface area contributed by atoms with Crippen LogP contribution in [0.25, 0.3) is 11.4 Å². The van der Waals surface area contributed by atoms with Crippen molar-refractivity contribution in [3.05, 3.63) is 58.3 Å². The van der Waals surface area contributed by atoms with E-state index >= 15 is 0 Å². The molecule has 28 heavy (non-hydrogen) atoms. The molecule has 0 radical (unpaired) electrons. The average Bonchev–Trinajstić information content (AvgIpc) is 3.29. The quantitative estimate of drug-likeness (QED) is 0.366. The average molecular weight is 433 g/mol. The number of nitrogens with one attached hydrogen (secondary N) is 1. The highest BCUT2D eigenvalue weighted by Crippen LogP contribution is 2.31. The molecule has 2 heterocycles. The van der Waals surface area contributed by atoms with Gasteiger partial charge >= 0.3 is 0 Å². The van der Waals surface area contributed by atoms with E-state index in [1.165, 1.54) is 16.6 Å².